The monoisotopic (exact) mass is 167 g/mol. The van der Waals surface area contributed by atoms with Gasteiger partial charge >= 0.3 is 17.1 Å². The zero-order chi connectivity index (χ0) is 5.86. The van der Waals surface area contributed by atoms with Crippen molar-refractivity contribution in [3.8, 4) is 0 Å². The summed E-state index contributed by atoms with van der Waals surface area (Å²) in [6.07, 6.45) is 0. The summed E-state index contributed by atoms with van der Waals surface area (Å²) in [5.41, 5.74) is 0. The number of carboxylic acid groups (broad SMARTS) is 1. The average Bonchev–Trinajstić information content (AvgIpc) is 1.27. The number of rotatable bonds is 2. The van der Waals surface area contributed by atoms with Gasteiger partial charge in [-0.1, -0.05) is 0 Å². The molecule has 0 aliphatic heterocycles. The van der Waals surface area contributed by atoms with Crippen molar-refractivity contribution in [2.24, 2.45) is 0 Å². The Hall–Kier alpha value is -0.611. The van der Waals surface area contributed by atoms with Crippen LogP contribution in [-0.2, 0) is 21.9 Å². The van der Waals surface area contributed by atoms with Gasteiger partial charge in [0.2, 0.25) is 6.54 Å². The topological polar surface area (TPSA) is 83.3 Å². The molecule has 8 heavy (non-hydrogen) atoms. The van der Waals surface area contributed by atoms with E-state index in [-0.39, 0.29) is 17.1 Å². The fourth-order valence-corrected chi connectivity index (χ4v) is 0.105. The van der Waals surface area contributed by atoms with Crippen molar-refractivity contribution in [3.63, 3.8) is 0 Å². The Kier molecular flexibility index (Phi) is 5.90. The Bertz CT molecular complexity index is 90.2. The molecule has 0 aromatic carbocycles. The van der Waals surface area contributed by atoms with Crippen LogP contribution in [0.1, 0.15) is 0 Å². The van der Waals surface area contributed by atoms with Gasteiger partial charge < -0.3 is 9.90 Å². The molecule has 0 aliphatic carbocycles. The maximum absolute atomic E-state index is 9.26. The summed E-state index contributed by atoms with van der Waals surface area (Å²) in [6.45, 7) is -1.11. The fraction of sp³-hybridized carbons (Fsp3) is 0.500. The van der Waals surface area contributed by atoms with Gasteiger partial charge in [-0.05, 0) is 0 Å². The van der Waals surface area contributed by atoms with Gasteiger partial charge in [0.25, 0.3) is 0 Å². The minimum absolute atomic E-state index is 0. The van der Waals surface area contributed by atoms with E-state index in [9.17, 15) is 20.0 Å². The van der Waals surface area contributed by atoms with Gasteiger partial charge in [-0.15, -0.1) is 0 Å². The molecule has 0 saturated carbocycles. The van der Waals surface area contributed by atoms with Gasteiger partial charge in [-0.2, -0.15) is 0 Å². The van der Waals surface area contributed by atoms with Crippen LogP contribution in [-0.4, -0.2) is 17.4 Å². The largest absolute Gasteiger partial charge is 1.00 e. The first-order valence-corrected chi connectivity index (χ1v) is 1.44. The molecule has 0 N–H and O–H groups in total. The van der Waals surface area contributed by atoms with E-state index in [1.165, 1.54) is 0 Å². The fourth-order valence-electron chi connectivity index (χ4n) is 0.105. The summed E-state index contributed by atoms with van der Waals surface area (Å²) in [7, 11) is 0. The van der Waals surface area contributed by atoms with Gasteiger partial charge in [0.05, 0.1) is 0 Å². The van der Waals surface area contributed by atoms with Crippen LogP contribution in [0.15, 0.2) is 0 Å². The van der Waals surface area contributed by atoms with Crippen LogP contribution in [0, 0.1) is 10.1 Å². The summed E-state index contributed by atoms with van der Waals surface area (Å²) in [4.78, 5) is 17.5. The molecule has 0 rings (SSSR count). The first kappa shape index (κ1) is 10.4. The summed E-state index contributed by atoms with van der Waals surface area (Å²) < 4.78 is 0. The molecule has 0 aromatic heterocycles. The summed E-state index contributed by atoms with van der Waals surface area (Å²) in [6, 6.07) is 0. The van der Waals surface area contributed by atoms with Gasteiger partial charge in [-0.3, -0.25) is 10.1 Å². The maximum Gasteiger partial charge on any atom is 1.00 e. The van der Waals surface area contributed by atoms with E-state index < -0.39 is 17.4 Å². The van der Waals surface area contributed by atoms with Crippen LogP contribution < -0.4 is 5.11 Å². The van der Waals surface area contributed by atoms with Crippen molar-refractivity contribution in [2.75, 3.05) is 6.54 Å². The van der Waals surface area contributed by atoms with Crippen molar-refractivity contribution in [1.82, 2.24) is 0 Å². The molecule has 50 valence electrons. The SMILES string of the molecule is O=C([O-])C[N+](=O)[O-].[Cu+]. The Morgan fingerprint density at radius 1 is 1.62 bits per heavy atom. The molecule has 0 saturated heterocycles. The number of hydrogen-bond acceptors (Lipinski definition) is 4. The second-order valence-corrected chi connectivity index (χ2v) is 0.863. The number of carboxylic acids is 1. The van der Waals surface area contributed by atoms with E-state index in [0.717, 1.165) is 0 Å². The molecule has 0 spiro atoms. The molecular weight excluding hydrogens is 166 g/mol. The van der Waals surface area contributed by atoms with Crippen LogP contribution >= 0.6 is 0 Å². The number of nitro groups is 1. The smallest absolute Gasteiger partial charge is 0.543 e. The first-order valence-electron chi connectivity index (χ1n) is 1.44. The number of hydrogen-bond donors (Lipinski definition) is 0. The molecule has 0 bridgehead atoms. The molecule has 0 aliphatic rings. The molecule has 0 atom stereocenters. The Balaban J connectivity index is 0. The van der Waals surface area contributed by atoms with Crippen LogP contribution in [0.2, 0.25) is 0 Å². The molecule has 0 amide bonds. The van der Waals surface area contributed by atoms with E-state index in [4.69, 9.17) is 0 Å². The normalized spacial score (nSPS) is 7.00. The molecule has 5 nitrogen and oxygen atoms in total. The predicted octanol–water partition coefficient (Wildman–Crippen LogP) is -1.99. The van der Waals surface area contributed by atoms with Gasteiger partial charge in [-0.25, -0.2) is 0 Å². The van der Waals surface area contributed by atoms with Crippen molar-refractivity contribution >= 4 is 5.97 Å². The van der Waals surface area contributed by atoms with Crippen LogP contribution in [0.5, 0.6) is 0 Å². The molecule has 0 aromatic rings. The Morgan fingerprint density at radius 3 is 2.00 bits per heavy atom. The minimum Gasteiger partial charge on any atom is -0.543 e. The molecule has 0 heterocycles. The number of nitrogens with zero attached hydrogens (tertiary/aromatic N) is 1. The standard InChI is InChI=1S/C2H3NO4.Cu/c4-2(5)1-3(6)7;/h1H2,(H,4,5);/q;+1/p-1. The van der Waals surface area contributed by atoms with Crippen LogP contribution in [0.25, 0.3) is 0 Å². The van der Waals surface area contributed by atoms with Crippen molar-refractivity contribution in [2.45, 2.75) is 0 Å². The van der Waals surface area contributed by atoms with Crippen LogP contribution in [0.4, 0.5) is 0 Å². The zero-order valence-corrected chi connectivity index (χ0v) is 4.53. The van der Waals surface area contributed by atoms with Crippen molar-refractivity contribution < 1.29 is 31.9 Å². The Morgan fingerprint density at radius 2 is 2.00 bits per heavy atom. The second-order valence-electron chi connectivity index (χ2n) is 0.863. The molecule has 6 heteroatoms. The van der Waals surface area contributed by atoms with Crippen LogP contribution in [0.3, 0.4) is 0 Å². The van der Waals surface area contributed by atoms with Gasteiger partial charge in [0.1, 0.15) is 5.97 Å². The van der Waals surface area contributed by atoms with Crippen molar-refractivity contribution in [3.05, 3.63) is 10.1 Å². The molecule has 0 fully saturated rings. The third-order valence-corrected chi connectivity index (χ3v) is 0.258. The maximum atomic E-state index is 9.26. The second kappa shape index (κ2) is 4.55. The van der Waals surface area contributed by atoms with E-state index >= 15 is 0 Å². The molecule has 0 unspecified atom stereocenters. The quantitative estimate of drug-likeness (QED) is 0.271. The zero-order valence-electron chi connectivity index (χ0n) is 3.59. The number of carbonyl (C=O) groups excluding carboxylic acids is 1. The number of carbonyl (C=O) groups is 1. The summed E-state index contributed by atoms with van der Waals surface area (Å²) in [5.74, 6) is -1.66. The number of aliphatic carboxylic acids is 1. The van der Waals surface area contributed by atoms with Gasteiger partial charge in [0, 0.05) is 4.92 Å². The average molecular weight is 168 g/mol. The van der Waals surface area contributed by atoms with Crippen molar-refractivity contribution in [1.29, 1.82) is 0 Å². The minimum atomic E-state index is -1.66. The van der Waals surface area contributed by atoms with E-state index in [2.05, 4.69) is 0 Å². The van der Waals surface area contributed by atoms with E-state index in [1.54, 1.807) is 0 Å². The summed E-state index contributed by atoms with van der Waals surface area (Å²) in [5, 5.41) is 18.5. The summed E-state index contributed by atoms with van der Waals surface area (Å²) >= 11 is 0. The van der Waals surface area contributed by atoms with Gasteiger partial charge in [0.15, 0.2) is 0 Å². The van der Waals surface area contributed by atoms with E-state index in [0.29, 0.717) is 0 Å². The third kappa shape index (κ3) is 9.04. The Labute approximate surface area is 55.3 Å². The first-order chi connectivity index (χ1) is 3.13. The third-order valence-electron chi connectivity index (χ3n) is 0.258. The van der Waals surface area contributed by atoms with E-state index in [1.807, 2.05) is 0 Å². The predicted molar refractivity (Wildman–Crippen MR) is 16.9 cm³/mol. The molecular formula is C2H2CuNO4. The molecule has 0 radical (unpaired) electrons.